The zero-order chi connectivity index (χ0) is 8.39. The highest BCUT2D eigenvalue weighted by molar-refractivity contribution is 4.88. The number of hydrogen-bond acceptors (Lipinski definition) is 1. The third-order valence-electron chi connectivity index (χ3n) is 2.79. The van der Waals surface area contributed by atoms with Crippen molar-refractivity contribution < 1.29 is 0 Å². The molecule has 2 rings (SSSR count). The lowest BCUT2D eigenvalue weighted by molar-refractivity contribution is 0.451. The third-order valence-corrected chi connectivity index (χ3v) is 2.79. The number of rotatable bonds is 2. The topological polar surface area (TPSA) is 17.8 Å². The number of aryl methyl sites for hydroxylation is 1. The maximum atomic E-state index is 4.10. The van der Waals surface area contributed by atoms with Crippen LogP contribution in [0.3, 0.4) is 0 Å². The highest BCUT2D eigenvalue weighted by Gasteiger charge is 2.15. The fourth-order valence-corrected chi connectivity index (χ4v) is 2.01. The molecule has 0 bridgehead atoms. The van der Waals surface area contributed by atoms with Gasteiger partial charge in [0.2, 0.25) is 0 Å². The Morgan fingerprint density at radius 2 is 2.33 bits per heavy atom. The molecule has 0 atom stereocenters. The highest BCUT2D eigenvalue weighted by atomic mass is 15.1. The molecule has 1 heterocycles. The lowest BCUT2D eigenvalue weighted by atomic mass is 10.1. The van der Waals surface area contributed by atoms with Gasteiger partial charge in [0.15, 0.2) is 0 Å². The fourth-order valence-electron chi connectivity index (χ4n) is 2.01. The van der Waals surface area contributed by atoms with Gasteiger partial charge in [0.1, 0.15) is 12.0 Å². The van der Waals surface area contributed by atoms with E-state index in [2.05, 4.69) is 15.7 Å². The summed E-state index contributed by atoms with van der Waals surface area (Å²) < 4.78 is 2.22. The predicted molar refractivity (Wildman–Crippen MR) is 47.8 cm³/mol. The lowest BCUT2D eigenvalue weighted by Crippen LogP contribution is -2.07. The summed E-state index contributed by atoms with van der Waals surface area (Å²) in [5.74, 6) is 1.99. The standard InChI is InChI=1S/C10H15N2/c1-9-11-6-7-12(9)8-10-4-2-3-5-10/h7,10H,2-5,8H2,1H3. The summed E-state index contributed by atoms with van der Waals surface area (Å²) in [5.41, 5.74) is 0. The SMILES string of the molecule is Cc1n[c]cn1CC1CCCC1. The molecule has 0 N–H and O–H groups in total. The second-order valence-corrected chi connectivity index (χ2v) is 3.72. The van der Waals surface area contributed by atoms with Gasteiger partial charge in [-0.3, -0.25) is 0 Å². The molecule has 1 saturated carbocycles. The maximum absolute atomic E-state index is 4.10. The van der Waals surface area contributed by atoms with E-state index in [0.29, 0.717) is 0 Å². The summed E-state index contributed by atoms with van der Waals surface area (Å²) in [6.07, 6.45) is 10.5. The van der Waals surface area contributed by atoms with Crippen molar-refractivity contribution in [3.63, 3.8) is 0 Å². The molecule has 65 valence electrons. The molecule has 1 aliphatic rings. The molecular weight excluding hydrogens is 148 g/mol. The minimum atomic E-state index is 0.895. The minimum absolute atomic E-state index is 0.895. The summed E-state index contributed by atoms with van der Waals surface area (Å²) in [6.45, 7) is 3.20. The molecule has 1 aliphatic carbocycles. The Balaban J connectivity index is 1.98. The van der Waals surface area contributed by atoms with Crippen molar-refractivity contribution in [2.24, 2.45) is 5.92 Å². The van der Waals surface area contributed by atoms with Crippen molar-refractivity contribution in [1.82, 2.24) is 9.55 Å². The van der Waals surface area contributed by atoms with Crippen LogP contribution in [0.5, 0.6) is 0 Å². The van der Waals surface area contributed by atoms with Crippen molar-refractivity contribution in [2.45, 2.75) is 39.2 Å². The molecule has 2 heteroatoms. The number of imidazole rings is 1. The Hall–Kier alpha value is -0.790. The van der Waals surface area contributed by atoms with Crippen LogP contribution in [0.15, 0.2) is 6.20 Å². The van der Waals surface area contributed by atoms with Gasteiger partial charge in [0.05, 0.1) is 0 Å². The molecule has 0 aliphatic heterocycles. The lowest BCUT2D eigenvalue weighted by Gasteiger charge is -2.10. The average Bonchev–Trinajstić information content (AvgIpc) is 2.65. The van der Waals surface area contributed by atoms with E-state index in [0.717, 1.165) is 18.3 Å². The Labute approximate surface area is 73.6 Å². The normalized spacial score (nSPS) is 18.8. The van der Waals surface area contributed by atoms with Crippen LogP contribution >= 0.6 is 0 Å². The van der Waals surface area contributed by atoms with Gasteiger partial charge in [0, 0.05) is 12.7 Å². The molecule has 1 fully saturated rings. The van der Waals surface area contributed by atoms with Crippen LogP contribution in [0.1, 0.15) is 31.5 Å². The smallest absolute Gasteiger partial charge is 0.109 e. The maximum Gasteiger partial charge on any atom is 0.109 e. The van der Waals surface area contributed by atoms with E-state index in [1.165, 1.54) is 25.7 Å². The van der Waals surface area contributed by atoms with E-state index in [-0.39, 0.29) is 0 Å². The third kappa shape index (κ3) is 1.52. The van der Waals surface area contributed by atoms with Gasteiger partial charge in [-0.15, -0.1) is 0 Å². The number of nitrogens with zero attached hydrogens (tertiary/aromatic N) is 2. The molecule has 0 spiro atoms. The molecule has 1 radical (unpaired) electrons. The summed E-state index contributed by atoms with van der Waals surface area (Å²) in [7, 11) is 0. The van der Waals surface area contributed by atoms with Crippen LogP contribution in [0.2, 0.25) is 0 Å². The van der Waals surface area contributed by atoms with Crippen molar-refractivity contribution in [2.75, 3.05) is 0 Å². The van der Waals surface area contributed by atoms with E-state index in [1.807, 2.05) is 13.1 Å². The fraction of sp³-hybridized carbons (Fsp3) is 0.700. The molecule has 12 heavy (non-hydrogen) atoms. The average molecular weight is 163 g/mol. The summed E-state index contributed by atoms with van der Waals surface area (Å²) >= 11 is 0. The monoisotopic (exact) mass is 163 g/mol. The van der Waals surface area contributed by atoms with Crippen LogP contribution in [-0.2, 0) is 6.54 Å². The van der Waals surface area contributed by atoms with Gasteiger partial charge in [-0.05, 0) is 25.7 Å². The number of aromatic nitrogens is 2. The van der Waals surface area contributed by atoms with E-state index in [4.69, 9.17) is 0 Å². The molecule has 1 aromatic rings. The van der Waals surface area contributed by atoms with Gasteiger partial charge >= 0.3 is 0 Å². The van der Waals surface area contributed by atoms with Crippen LogP contribution in [0.25, 0.3) is 0 Å². The van der Waals surface area contributed by atoms with Gasteiger partial charge in [-0.25, -0.2) is 4.98 Å². The summed E-state index contributed by atoms with van der Waals surface area (Å²) in [4.78, 5) is 4.10. The first-order valence-electron chi connectivity index (χ1n) is 4.76. The Kier molecular flexibility index (Phi) is 2.15. The van der Waals surface area contributed by atoms with E-state index in [1.54, 1.807) is 0 Å². The van der Waals surface area contributed by atoms with Crippen molar-refractivity contribution >= 4 is 0 Å². The van der Waals surface area contributed by atoms with Gasteiger partial charge in [-0.2, -0.15) is 0 Å². The Morgan fingerprint density at radius 1 is 1.58 bits per heavy atom. The first kappa shape index (κ1) is 7.84. The van der Waals surface area contributed by atoms with E-state index < -0.39 is 0 Å². The predicted octanol–water partition coefficient (Wildman–Crippen LogP) is 2.18. The summed E-state index contributed by atoms with van der Waals surface area (Å²) in [6, 6.07) is 0. The largest absolute Gasteiger partial charge is 0.334 e. The molecule has 2 nitrogen and oxygen atoms in total. The van der Waals surface area contributed by atoms with Crippen LogP contribution in [-0.4, -0.2) is 9.55 Å². The molecule has 0 saturated heterocycles. The Morgan fingerprint density at radius 3 is 2.92 bits per heavy atom. The van der Waals surface area contributed by atoms with Crippen LogP contribution in [0.4, 0.5) is 0 Å². The zero-order valence-corrected chi connectivity index (χ0v) is 7.58. The van der Waals surface area contributed by atoms with Gasteiger partial charge < -0.3 is 4.57 Å². The second kappa shape index (κ2) is 3.30. The van der Waals surface area contributed by atoms with Crippen LogP contribution < -0.4 is 0 Å². The highest BCUT2D eigenvalue weighted by Crippen LogP contribution is 2.26. The molecule has 0 aromatic carbocycles. The van der Waals surface area contributed by atoms with Gasteiger partial charge in [0.25, 0.3) is 0 Å². The van der Waals surface area contributed by atoms with Crippen molar-refractivity contribution in [3.8, 4) is 0 Å². The molecule has 1 aromatic heterocycles. The van der Waals surface area contributed by atoms with Crippen molar-refractivity contribution in [3.05, 3.63) is 18.2 Å². The van der Waals surface area contributed by atoms with E-state index in [9.17, 15) is 0 Å². The molecule has 0 amide bonds. The minimum Gasteiger partial charge on any atom is -0.334 e. The quantitative estimate of drug-likeness (QED) is 0.653. The van der Waals surface area contributed by atoms with Crippen LogP contribution in [0, 0.1) is 19.0 Å². The number of hydrogen-bond donors (Lipinski definition) is 0. The first-order valence-corrected chi connectivity index (χ1v) is 4.76. The van der Waals surface area contributed by atoms with E-state index >= 15 is 0 Å². The Bertz CT molecular complexity index is 246. The second-order valence-electron chi connectivity index (χ2n) is 3.72. The summed E-state index contributed by atoms with van der Waals surface area (Å²) in [5, 5.41) is 0. The van der Waals surface area contributed by atoms with Crippen molar-refractivity contribution in [1.29, 1.82) is 0 Å². The zero-order valence-electron chi connectivity index (χ0n) is 7.58. The first-order chi connectivity index (χ1) is 5.86. The molecule has 0 unspecified atom stereocenters. The molecular formula is C10H15N2. The van der Waals surface area contributed by atoms with Gasteiger partial charge in [-0.1, -0.05) is 12.8 Å².